The van der Waals surface area contributed by atoms with Gasteiger partial charge in [0.05, 0.1) is 11.9 Å². The van der Waals surface area contributed by atoms with E-state index < -0.39 is 0 Å². The highest BCUT2D eigenvalue weighted by Gasteiger charge is 2.07. The zero-order chi connectivity index (χ0) is 10.7. The number of nitrogens with zero attached hydrogens (tertiary/aromatic N) is 1. The van der Waals surface area contributed by atoms with Gasteiger partial charge in [-0.1, -0.05) is 11.6 Å². The minimum atomic E-state index is 0.103. The molecule has 2 unspecified atom stereocenters. The summed E-state index contributed by atoms with van der Waals surface area (Å²) in [5, 5.41) is 3.81. The SMILES string of the molecule is Cc1cc(NC(C)C(C)N)cnc1Cl. The van der Waals surface area contributed by atoms with Crippen molar-refractivity contribution in [3.63, 3.8) is 0 Å². The van der Waals surface area contributed by atoms with Crippen LogP contribution in [0.4, 0.5) is 5.69 Å². The summed E-state index contributed by atoms with van der Waals surface area (Å²) in [6, 6.07) is 2.29. The maximum Gasteiger partial charge on any atom is 0.132 e. The highest BCUT2D eigenvalue weighted by atomic mass is 35.5. The molecule has 78 valence electrons. The summed E-state index contributed by atoms with van der Waals surface area (Å²) in [5.74, 6) is 0. The van der Waals surface area contributed by atoms with E-state index in [9.17, 15) is 0 Å². The predicted octanol–water partition coefficient (Wildman–Crippen LogP) is 2.19. The van der Waals surface area contributed by atoms with E-state index in [1.165, 1.54) is 0 Å². The van der Waals surface area contributed by atoms with Crippen molar-refractivity contribution in [3.8, 4) is 0 Å². The smallest absolute Gasteiger partial charge is 0.132 e. The Morgan fingerprint density at radius 2 is 2.14 bits per heavy atom. The summed E-state index contributed by atoms with van der Waals surface area (Å²) >= 11 is 5.82. The van der Waals surface area contributed by atoms with Gasteiger partial charge in [-0.2, -0.15) is 0 Å². The minimum absolute atomic E-state index is 0.103. The van der Waals surface area contributed by atoms with Gasteiger partial charge in [-0.15, -0.1) is 0 Å². The molecule has 0 aliphatic carbocycles. The quantitative estimate of drug-likeness (QED) is 0.757. The van der Waals surface area contributed by atoms with E-state index in [-0.39, 0.29) is 12.1 Å². The van der Waals surface area contributed by atoms with E-state index in [4.69, 9.17) is 17.3 Å². The maximum absolute atomic E-state index is 5.82. The molecule has 0 aliphatic rings. The molecule has 0 aliphatic heterocycles. The van der Waals surface area contributed by atoms with Gasteiger partial charge in [0.2, 0.25) is 0 Å². The number of hydrogen-bond acceptors (Lipinski definition) is 3. The Labute approximate surface area is 89.7 Å². The Morgan fingerprint density at radius 3 is 2.64 bits per heavy atom. The first-order valence-corrected chi connectivity index (χ1v) is 5.02. The molecule has 0 bridgehead atoms. The second-order valence-electron chi connectivity index (χ2n) is 3.62. The lowest BCUT2D eigenvalue weighted by atomic mass is 10.2. The summed E-state index contributed by atoms with van der Waals surface area (Å²) in [7, 11) is 0. The lowest BCUT2D eigenvalue weighted by Gasteiger charge is -2.18. The molecule has 1 rings (SSSR count). The third-order valence-electron chi connectivity index (χ3n) is 2.20. The fourth-order valence-electron chi connectivity index (χ4n) is 1.03. The molecular formula is C10H16ClN3. The topological polar surface area (TPSA) is 50.9 Å². The van der Waals surface area contributed by atoms with Crippen LogP contribution in [0.1, 0.15) is 19.4 Å². The molecule has 0 spiro atoms. The molecule has 0 saturated carbocycles. The van der Waals surface area contributed by atoms with Crippen LogP contribution in [0.25, 0.3) is 0 Å². The average Bonchev–Trinajstić information content (AvgIpc) is 2.11. The fraction of sp³-hybridized carbons (Fsp3) is 0.500. The monoisotopic (exact) mass is 213 g/mol. The van der Waals surface area contributed by atoms with Crippen LogP contribution in [0.3, 0.4) is 0 Å². The van der Waals surface area contributed by atoms with Gasteiger partial charge in [-0.25, -0.2) is 4.98 Å². The number of pyridine rings is 1. The Hall–Kier alpha value is -0.800. The molecule has 0 radical (unpaired) electrons. The molecule has 4 heteroatoms. The van der Waals surface area contributed by atoms with Crippen molar-refractivity contribution in [2.75, 3.05) is 5.32 Å². The number of aryl methyl sites for hydroxylation is 1. The van der Waals surface area contributed by atoms with Gasteiger partial charge in [0.1, 0.15) is 5.15 Å². The average molecular weight is 214 g/mol. The zero-order valence-electron chi connectivity index (χ0n) is 8.71. The molecule has 3 nitrogen and oxygen atoms in total. The standard InChI is InChI=1S/C10H16ClN3/c1-6-4-9(5-13-10(6)11)14-8(3)7(2)12/h4-5,7-8,14H,12H2,1-3H3. The van der Waals surface area contributed by atoms with Crippen LogP contribution in [0.15, 0.2) is 12.3 Å². The molecule has 0 fully saturated rings. The predicted molar refractivity (Wildman–Crippen MR) is 60.7 cm³/mol. The van der Waals surface area contributed by atoms with Crippen molar-refractivity contribution in [1.82, 2.24) is 4.98 Å². The van der Waals surface area contributed by atoms with Crippen LogP contribution >= 0.6 is 11.6 Å². The lowest BCUT2D eigenvalue weighted by molar-refractivity contribution is 0.638. The minimum Gasteiger partial charge on any atom is -0.380 e. The molecule has 1 aromatic heterocycles. The van der Waals surface area contributed by atoms with Crippen molar-refractivity contribution >= 4 is 17.3 Å². The van der Waals surface area contributed by atoms with Crippen LogP contribution in [0, 0.1) is 6.92 Å². The van der Waals surface area contributed by atoms with Gasteiger partial charge >= 0.3 is 0 Å². The van der Waals surface area contributed by atoms with E-state index in [0.29, 0.717) is 5.15 Å². The molecule has 1 aromatic rings. The Kier molecular flexibility index (Phi) is 3.72. The van der Waals surface area contributed by atoms with Crippen molar-refractivity contribution in [3.05, 3.63) is 23.0 Å². The summed E-state index contributed by atoms with van der Waals surface area (Å²) in [6.07, 6.45) is 1.72. The molecule has 14 heavy (non-hydrogen) atoms. The highest BCUT2D eigenvalue weighted by Crippen LogP contribution is 2.16. The number of halogens is 1. The number of hydrogen-bond donors (Lipinski definition) is 2. The fourth-order valence-corrected chi connectivity index (χ4v) is 1.13. The van der Waals surface area contributed by atoms with Crippen LogP contribution in [-0.4, -0.2) is 17.1 Å². The number of nitrogens with two attached hydrogens (primary N) is 1. The van der Waals surface area contributed by atoms with Gasteiger partial charge in [0.15, 0.2) is 0 Å². The van der Waals surface area contributed by atoms with E-state index >= 15 is 0 Å². The number of aromatic nitrogens is 1. The van der Waals surface area contributed by atoms with Crippen LogP contribution in [-0.2, 0) is 0 Å². The van der Waals surface area contributed by atoms with E-state index in [1.54, 1.807) is 6.20 Å². The first-order chi connectivity index (χ1) is 6.50. The number of rotatable bonds is 3. The van der Waals surface area contributed by atoms with Gasteiger partial charge in [-0.3, -0.25) is 0 Å². The Bertz CT molecular complexity index is 312. The second-order valence-corrected chi connectivity index (χ2v) is 3.98. The molecule has 0 aromatic carbocycles. The van der Waals surface area contributed by atoms with E-state index in [0.717, 1.165) is 11.3 Å². The highest BCUT2D eigenvalue weighted by molar-refractivity contribution is 6.30. The number of anilines is 1. The van der Waals surface area contributed by atoms with Gasteiger partial charge < -0.3 is 11.1 Å². The largest absolute Gasteiger partial charge is 0.380 e. The maximum atomic E-state index is 5.82. The second kappa shape index (κ2) is 4.62. The molecule has 2 atom stereocenters. The van der Waals surface area contributed by atoms with Crippen molar-refractivity contribution in [2.45, 2.75) is 32.9 Å². The lowest BCUT2D eigenvalue weighted by Crippen LogP contribution is -2.35. The normalized spacial score (nSPS) is 14.9. The van der Waals surface area contributed by atoms with Crippen molar-refractivity contribution in [1.29, 1.82) is 0 Å². The van der Waals surface area contributed by atoms with Gasteiger partial charge in [0, 0.05) is 12.1 Å². The molecular weight excluding hydrogens is 198 g/mol. The zero-order valence-corrected chi connectivity index (χ0v) is 9.47. The van der Waals surface area contributed by atoms with Crippen LogP contribution < -0.4 is 11.1 Å². The third-order valence-corrected chi connectivity index (χ3v) is 2.59. The van der Waals surface area contributed by atoms with Crippen molar-refractivity contribution in [2.24, 2.45) is 5.73 Å². The van der Waals surface area contributed by atoms with Crippen LogP contribution in [0.2, 0.25) is 5.15 Å². The molecule has 3 N–H and O–H groups in total. The van der Waals surface area contributed by atoms with E-state index in [1.807, 2.05) is 26.8 Å². The molecule has 0 amide bonds. The van der Waals surface area contributed by atoms with Gasteiger partial charge in [-0.05, 0) is 32.4 Å². The molecule has 0 saturated heterocycles. The first kappa shape index (κ1) is 11.3. The summed E-state index contributed by atoms with van der Waals surface area (Å²) in [6.45, 7) is 5.93. The summed E-state index contributed by atoms with van der Waals surface area (Å²) in [4.78, 5) is 4.05. The summed E-state index contributed by atoms with van der Waals surface area (Å²) in [5.41, 5.74) is 7.66. The van der Waals surface area contributed by atoms with Crippen LogP contribution in [0.5, 0.6) is 0 Å². The molecule has 1 heterocycles. The van der Waals surface area contributed by atoms with Crippen molar-refractivity contribution < 1.29 is 0 Å². The Balaban J connectivity index is 2.73. The van der Waals surface area contributed by atoms with Gasteiger partial charge in [0.25, 0.3) is 0 Å². The third kappa shape index (κ3) is 2.86. The Morgan fingerprint density at radius 1 is 1.50 bits per heavy atom. The van der Waals surface area contributed by atoms with E-state index in [2.05, 4.69) is 10.3 Å². The summed E-state index contributed by atoms with van der Waals surface area (Å²) < 4.78 is 0. The number of nitrogens with one attached hydrogen (secondary N) is 1. The first-order valence-electron chi connectivity index (χ1n) is 4.65.